The summed E-state index contributed by atoms with van der Waals surface area (Å²) in [4.78, 5) is 14.1. The van der Waals surface area contributed by atoms with Crippen LogP contribution < -0.4 is 0 Å². The maximum Gasteiger partial charge on any atom is 0.281 e. The zero-order valence-corrected chi connectivity index (χ0v) is 7.42. The van der Waals surface area contributed by atoms with E-state index in [4.69, 9.17) is 16.9 Å². The zero-order valence-electron chi connectivity index (χ0n) is 6.67. The average molecular weight is 217 g/mol. The lowest BCUT2D eigenvalue weighted by Gasteiger charge is -2.03. The van der Waals surface area contributed by atoms with Gasteiger partial charge in [-0.2, -0.15) is 5.26 Å². The second kappa shape index (κ2) is 4.11. The molecule has 0 aromatic carbocycles. The summed E-state index contributed by atoms with van der Waals surface area (Å²) in [6.07, 6.45) is -1.89. The van der Waals surface area contributed by atoms with E-state index < -0.39 is 22.9 Å². The summed E-state index contributed by atoms with van der Waals surface area (Å²) >= 11 is 5.10. The van der Waals surface area contributed by atoms with E-state index in [2.05, 4.69) is 4.98 Å². The minimum absolute atomic E-state index is 0.250. The largest absolute Gasteiger partial charge is 0.281 e. The molecule has 1 aromatic heterocycles. The van der Waals surface area contributed by atoms with Gasteiger partial charge in [0.05, 0.1) is 11.1 Å². The van der Waals surface area contributed by atoms with Gasteiger partial charge in [-0.25, -0.2) is 8.78 Å². The Morgan fingerprint density at radius 1 is 1.64 bits per heavy atom. The minimum Gasteiger partial charge on any atom is -0.276 e. The summed E-state index contributed by atoms with van der Waals surface area (Å²) in [7, 11) is 0. The lowest BCUT2D eigenvalue weighted by Crippen LogP contribution is -2.02. The van der Waals surface area contributed by atoms with Crippen LogP contribution in [0.4, 0.5) is 8.78 Å². The van der Waals surface area contributed by atoms with Crippen molar-refractivity contribution < 1.29 is 13.6 Å². The van der Waals surface area contributed by atoms with Gasteiger partial charge in [0.2, 0.25) is 0 Å². The molecule has 0 saturated carbocycles. The van der Waals surface area contributed by atoms with Crippen molar-refractivity contribution in [2.45, 2.75) is 6.43 Å². The van der Waals surface area contributed by atoms with Crippen LogP contribution in [0.3, 0.4) is 0 Å². The van der Waals surface area contributed by atoms with E-state index in [9.17, 15) is 13.6 Å². The zero-order chi connectivity index (χ0) is 10.7. The first-order valence-corrected chi connectivity index (χ1v) is 3.82. The molecular weight excluding hydrogens is 214 g/mol. The second-order valence-corrected chi connectivity index (χ2v) is 2.65. The van der Waals surface area contributed by atoms with Gasteiger partial charge < -0.3 is 0 Å². The van der Waals surface area contributed by atoms with Crippen LogP contribution in [0.15, 0.2) is 12.3 Å². The van der Waals surface area contributed by atoms with E-state index in [-0.39, 0.29) is 5.56 Å². The highest BCUT2D eigenvalue weighted by atomic mass is 35.5. The fourth-order valence-electron chi connectivity index (χ4n) is 0.925. The number of nitrogens with zero attached hydrogens (tertiary/aromatic N) is 2. The number of hydrogen-bond donors (Lipinski definition) is 0. The summed E-state index contributed by atoms with van der Waals surface area (Å²) in [5.74, 6) is 0. The number of rotatable bonds is 2. The van der Waals surface area contributed by atoms with Gasteiger partial charge in [-0.1, -0.05) is 0 Å². The first-order chi connectivity index (χ1) is 6.57. The lowest BCUT2D eigenvalue weighted by atomic mass is 10.1. The number of hydrogen-bond acceptors (Lipinski definition) is 3. The Hall–Kier alpha value is -1.54. The van der Waals surface area contributed by atoms with Crippen molar-refractivity contribution in [3.05, 3.63) is 29.1 Å². The van der Waals surface area contributed by atoms with Gasteiger partial charge in [0.1, 0.15) is 11.8 Å². The van der Waals surface area contributed by atoms with Crippen molar-refractivity contribution >= 4 is 16.8 Å². The van der Waals surface area contributed by atoms with Gasteiger partial charge in [-0.05, 0) is 17.7 Å². The maximum atomic E-state index is 12.3. The van der Waals surface area contributed by atoms with Gasteiger partial charge >= 0.3 is 0 Å². The Kier molecular flexibility index (Phi) is 3.10. The van der Waals surface area contributed by atoms with E-state index in [1.54, 1.807) is 0 Å². The molecule has 6 heteroatoms. The number of carbonyl (C=O) groups excluding carboxylic acids is 1. The Labute approximate surface area is 82.9 Å². The number of pyridine rings is 1. The first-order valence-electron chi connectivity index (χ1n) is 3.45. The Morgan fingerprint density at radius 2 is 2.29 bits per heavy atom. The summed E-state index contributed by atoms with van der Waals surface area (Å²) in [5.41, 5.74) is -1.44. The molecule has 72 valence electrons. The van der Waals surface area contributed by atoms with Crippen LogP contribution in [-0.2, 0) is 0 Å². The molecule has 14 heavy (non-hydrogen) atoms. The van der Waals surface area contributed by atoms with Gasteiger partial charge in [-0.3, -0.25) is 9.78 Å². The van der Waals surface area contributed by atoms with Crippen LogP contribution in [0.5, 0.6) is 0 Å². The van der Waals surface area contributed by atoms with Gasteiger partial charge in [0.25, 0.3) is 11.7 Å². The monoisotopic (exact) mass is 216 g/mol. The number of aromatic nitrogens is 1. The molecule has 1 rings (SSSR count). The van der Waals surface area contributed by atoms with Crippen LogP contribution in [0.1, 0.15) is 28.0 Å². The predicted molar refractivity (Wildman–Crippen MR) is 44.1 cm³/mol. The molecule has 0 amide bonds. The number of halogens is 3. The maximum absolute atomic E-state index is 12.3. The first kappa shape index (κ1) is 10.5. The lowest BCUT2D eigenvalue weighted by molar-refractivity contribution is 0.108. The van der Waals surface area contributed by atoms with E-state index in [1.807, 2.05) is 0 Å². The molecule has 1 aromatic rings. The third-order valence-corrected chi connectivity index (χ3v) is 1.71. The van der Waals surface area contributed by atoms with Crippen LogP contribution in [0.25, 0.3) is 0 Å². The highest BCUT2D eigenvalue weighted by Crippen LogP contribution is 2.23. The van der Waals surface area contributed by atoms with Crippen molar-refractivity contribution in [3.63, 3.8) is 0 Å². The molecule has 1 heterocycles. The molecule has 0 aliphatic rings. The highest BCUT2D eigenvalue weighted by Gasteiger charge is 2.20. The average Bonchev–Trinajstić information content (AvgIpc) is 2.16. The van der Waals surface area contributed by atoms with Gasteiger partial charge in [0.15, 0.2) is 0 Å². The molecule has 0 spiro atoms. The molecule has 0 unspecified atom stereocenters. The van der Waals surface area contributed by atoms with E-state index in [1.165, 1.54) is 6.07 Å². The summed E-state index contributed by atoms with van der Waals surface area (Å²) < 4.78 is 24.6. The van der Waals surface area contributed by atoms with E-state index in [0.29, 0.717) is 0 Å². The van der Waals surface area contributed by atoms with Crippen LogP contribution in [0, 0.1) is 11.3 Å². The summed E-state index contributed by atoms with van der Waals surface area (Å²) in [6, 6.07) is 2.60. The topological polar surface area (TPSA) is 53.8 Å². The number of carbonyl (C=O) groups is 1. The highest BCUT2D eigenvalue weighted by molar-refractivity contribution is 6.68. The van der Waals surface area contributed by atoms with Crippen molar-refractivity contribution in [2.24, 2.45) is 0 Å². The second-order valence-electron chi connectivity index (χ2n) is 2.30. The Balaban J connectivity index is 3.42. The molecule has 0 bridgehead atoms. The van der Waals surface area contributed by atoms with Crippen molar-refractivity contribution in [2.75, 3.05) is 0 Å². The molecule has 0 saturated heterocycles. The molecule has 0 N–H and O–H groups in total. The van der Waals surface area contributed by atoms with E-state index >= 15 is 0 Å². The van der Waals surface area contributed by atoms with Crippen molar-refractivity contribution in [3.8, 4) is 6.07 Å². The molecule has 0 aliphatic heterocycles. The molecule has 0 atom stereocenters. The van der Waals surface area contributed by atoms with Crippen LogP contribution in [0.2, 0.25) is 0 Å². The normalized spacial score (nSPS) is 9.93. The summed E-state index contributed by atoms with van der Waals surface area (Å²) in [5, 5.41) is 7.61. The fourth-order valence-corrected chi connectivity index (χ4v) is 1.08. The standard InChI is InChI=1S/C8H3ClF2N2O/c9-7(14)4-1-2-13-6(8(10)11)5(4)3-12/h1-2,8H. The Bertz CT molecular complexity index is 414. The van der Waals surface area contributed by atoms with Gasteiger partial charge in [-0.15, -0.1) is 0 Å². The van der Waals surface area contributed by atoms with E-state index in [0.717, 1.165) is 12.3 Å². The smallest absolute Gasteiger partial charge is 0.276 e. The Morgan fingerprint density at radius 3 is 2.71 bits per heavy atom. The van der Waals surface area contributed by atoms with Crippen molar-refractivity contribution in [1.82, 2.24) is 4.98 Å². The fraction of sp³-hybridized carbons (Fsp3) is 0.125. The van der Waals surface area contributed by atoms with Gasteiger partial charge in [0, 0.05) is 6.20 Å². The number of nitriles is 1. The predicted octanol–water partition coefficient (Wildman–Crippen LogP) is 2.27. The number of alkyl halides is 2. The molecule has 0 fully saturated rings. The molecule has 0 radical (unpaired) electrons. The third kappa shape index (κ3) is 1.86. The summed E-state index contributed by atoms with van der Waals surface area (Å²) in [6.45, 7) is 0. The van der Waals surface area contributed by atoms with Crippen LogP contribution in [-0.4, -0.2) is 10.2 Å². The van der Waals surface area contributed by atoms with Crippen LogP contribution >= 0.6 is 11.6 Å². The molecular formula is C8H3ClF2N2O. The minimum atomic E-state index is -2.90. The molecule has 0 aliphatic carbocycles. The third-order valence-electron chi connectivity index (χ3n) is 1.51. The quantitative estimate of drug-likeness (QED) is 0.713. The van der Waals surface area contributed by atoms with Crippen molar-refractivity contribution in [1.29, 1.82) is 5.26 Å². The SMILES string of the molecule is N#Cc1c(C(=O)Cl)ccnc1C(F)F. The molecule has 3 nitrogen and oxygen atoms in total.